The van der Waals surface area contributed by atoms with Crippen molar-refractivity contribution in [2.24, 2.45) is 11.8 Å². The first-order valence-electron chi connectivity index (χ1n) is 9.66. The number of nitrogens with one attached hydrogen (secondary N) is 1. The summed E-state index contributed by atoms with van der Waals surface area (Å²) in [6.45, 7) is 10.3. The van der Waals surface area contributed by atoms with Crippen molar-refractivity contribution in [2.45, 2.75) is 53.0 Å². The van der Waals surface area contributed by atoms with Crippen LogP contribution in [-0.2, 0) is 4.79 Å². The largest absolute Gasteiger partial charge is 0.493 e. The van der Waals surface area contributed by atoms with E-state index < -0.39 is 0 Å². The summed E-state index contributed by atoms with van der Waals surface area (Å²) < 4.78 is 5.90. The maximum Gasteiger partial charge on any atom is 0.251 e. The Kier molecular flexibility index (Phi) is 7.49. The summed E-state index contributed by atoms with van der Waals surface area (Å²) in [4.78, 5) is 26.2. The number of rotatable bonds is 7. The highest BCUT2D eigenvalue weighted by Crippen LogP contribution is 2.20. The SMILES string of the molecule is CC(C)CC(=O)N1CCC[C@@H](COc2ccc(C(=O)NC(C)C)cc2)C1. The summed E-state index contributed by atoms with van der Waals surface area (Å²) in [5, 5.41) is 2.87. The molecule has 2 amide bonds. The van der Waals surface area contributed by atoms with E-state index in [9.17, 15) is 9.59 Å². The topological polar surface area (TPSA) is 58.6 Å². The lowest BCUT2D eigenvalue weighted by Gasteiger charge is -2.33. The molecule has 0 unspecified atom stereocenters. The first-order valence-corrected chi connectivity index (χ1v) is 9.66. The molecule has 5 heteroatoms. The summed E-state index contributed by atoms with van der Waals surface area (Å²) in [5.74, 6) is 1.70. The lowest BCUT2D eigenvalue weighted by atomic mass is 9.98. The van der Waals surface area contributed by atoms with Gasteiger partial charge in [-0.15, -0.1) is 0 Å². The summed E-state index contributed by atoms with van der Waals surface area (Å²) >= 11 is 0. The van der Waals surface area contributed by atoms with Crippen LogP contribution in [0.15, 0.2) is 24.3 Å². The third-order valence-electron chi connectivity index (χ3n) is 4.48. The highest BCUT2D eigenvalue weighted by atomic mass is 16.5. The highest BCUT2D eigenvalue weighted by molar-refractivity contribution is 5.94. The average molecular weight is 360 g/mol. The van der Waals surface area contributed by atoms with Crippen LogP contribution in [-0.4, -0.2) is 42.5 Å². The van der Waals surface area contributed by atoms with E-state index in [0.717, 1.165) is 31.7 Å². The zero-order valence-electron chi connectivity index (χ0n) is 16.5. The van der Waals surface area contributed by atoms with Crippen LogP contribution in [0.3, 0.4) is 0 Å². The van der Waals surface area contributed by atoms with Crippen LogP contribution in [0.4, 0.5) is 0 Å². The van der Waals surface area contributed by atoms with E-state index in [4.69, 9.17) is 4.74 Å². The standard InChI is InChI=1S/C21H32N2O3/c1-15(2)12-20(24)23-11-5-6-17(13-23)14-26-19-9-7-18(8-10-19)21(25)22-16(3)4/h7-10,15-17H,5-6,11-14H2,1-4H3,(H,22,25)/t17-/m1/s1. The number of carbonyl (C=O) groups excluding carboxylic acids is 2. The van der Waals surface area contributed by atoms with Gasteiger partial charge in [-0.25, -0.2) is 0 Å². The van der Waals surface area contributed by atoms with E-state index in [1.165, 1.54) is 0 Å². The van der Waals surface area contributed by atoms with Gasteiger partial charge >= 0.3 is 0 Å². The van der Waals surface area contributed by atoms with Gasteiger partial charge in [0.2, 0.25) is 5.91 Å². The van der Waals surface area contributed by atoms with Crippen molar-refractivity contribution >= 4 is 11.8 Å². The van der Waals surface area contributed by atoms with Gasteiger partial charge in [0.15, 0.2) is 0 Å². The first-order chi connectivity index (χ1) is 12.3. The molecule has 1 N–H and O–H groups in total. The van der Waals surface area contributed by atoms with Gasteiger partial charge in [-0.1, -0.05) is 13.8 Å². The maximum absolute atomic E-state index is 12.3. The second kappa shape index (κ2) is 9.60. The zero-order chi connectivity index (χ0) is 19.1. The number of nitrogens with zero attached hydrogens (tertiary/aromatic N) is 1. The van der Waals surface area contributed by atoms with E-state index in [2.05, 4.69) is 19.2 Å². The number of piperidine rings is 1. The smallest absolute Gasteiger partial charge is 0.251 e. The van der Waals surface area contributed by atoms with Gasteiger partial charge in [0.05, 0.1) is 6.61 Å². The van der Waals surface area contributed by atoms with Crippen molar-refractivity contribution in [3.63, 3.8) is 0 Å². The van der Waals surface area contributed by atoms with E-state index >= 15 is 0 Å². The van der Waals surface area contributed by atoms with Crippen LogP contribution < -0.4 is 10.1 Å². The zero-order valence-corrected chi connectivity index (χ0v) is 16.5. The number of hydrogen-bond donors (Lipinski definition) is 1. The number of benzene rings is 1. The van der Waals surface area contributed by atoms with Crippen LogP contribution in [0.5, 0.6) is 5.75 Å². The molecule has 0 saturated carbocycles. The normalized spacial score (nSPS) is 17.5. The Morgan fingerprint density at radius 3 is 2.50 bits per heavy atom. The number of ether oxygens (including phenoxy) is 1. The molecular formula is C21H32N2O3. The fourth-order valence-electron chi connectivity index (χ4n) is 3.17. The van der Waals surface area contributed by atoms with E-state index in [-0.39, 0.29) is 17.9 Å². The minimum absolute atomic E-state index is 0.0712. The van der Waals surface area contributed by atoms with Gasteiger partial charge in [-0.2, -0.15) is 0 Å². The van der Waals surface area contributed by atoms with Crippen LogP contribution in [0.2, 0.25) is 0 Å². The molecule has 26 heavy (non-hydrogen) atoms. The second-order valence-corrected chi connectivity index (χ2v) is 7.91. The molecule has 2 rings (SSSR count). The van der Waals surface area contributed by atoms with Gasteiger partial charge in [0.1, 0.15) is 5.75 Å². The fourth-order valence-corrected chi connectivity index (χ4v) is 3.17. The van der Waals surface area contributed by atoms with E-state index in [1.807, 2.05) is 30.9 Å². The molecule has 0 aliphatic carbocycles. The van der Waals surface area contributed by atoms with Crippen molar-refractivity contribution in [2.75, 3.05) is 19.7 Å². The second-order valence-electron chi connectivity index (χ2n) is 7.91. The fraction of sp³-hybridized carbons (Fsp3) is 0.619. The predicted molar refractivity (Wildman–Crippen MR) is 103 cm³/mol. The molecule has 1 aliphatic heterocycles. The first kappa shape index (κ1) is 20.3. The molecule has 1 saturated heterocycles. The van der Waals surface area contributed by atoms with Gasteiger partial charge in [-0.3, -0.25) is 9.59 Å². The molecule has 1 aromatic rings. The van der Waals surface area contributed by atoms with E-state index in [0.29, 0.717) is 30.4 Å². The molecule has 1 fully saturated rings. The molecular weight excluding hydrogens is 328 g/mol. The van der Waals surface area contributed by atoms with Crippen LogP contribution >= 0.6 is 0 Å². The summed E-state index contributed by atoms with van der Waals surface area (Å²) in [6, 6.07) is 7.35. The highest BCUT2D eigenvalue weighted by Gasteiger charge is 2.24. The monoisotopic (exact) mass is 360 g/mol. The summed E-state index contributed by atoms with van der Waals surface area (Å²) in [5.41, 5.74) is 0.633. The molecule has 0 spiro atoms. The number of likely N-dealkylation sites (tertiary alicyclic amines) is 1. The Balaban J connectivity index is 1.82. The average Bonchev–Trinajstić information content (AvgIpc) is 2.59. The Morgan fingerprint density at radius 2 is 1.88 bits per heavy atom. The Morgan fingerprint density at radius 1 is 1.19 bits per heavy atom. The Hall–Kier alpha value is -2.04. The van der Waals surface area contributed by atoms with Crippen LogP contribution in [0.25, 0.3) is 0 Å². The van der Waals surface area contributed by atoms with Gasteiger partial charge < -0.3 is 15.0 Å². The lowest BCUT2D eigenvalue weighted by Crippen LogP contribution is -2.41. The number of hydrogen-bond acceptors (Lipinski definition) is 3. The third kappa shape index (κ3) is 6.36. The molecule has 0 aromatic heterocycles. The minimum Gasteiger partial charge on any atom is -0.493 e. The van der Waals surface area contributed by atoms with Crippen molar-refractivity contribution in [3.8, 4) is 5.75 Å². The summed E-state index contributed by atoms with van der Waals surface area (Å²) in [6.07, 6.45) is 2.74. The molecule has 0 bridgehead atoms. The molecule has 1 atom stereocenters. The van der Waals surface area contributed by atoms with Gasteiger partial charge in [-0.05, 0) is 56.9 Å². The molecule has 5 nitrogen and oxygen atoms in total. The van der Waals surface area contributed by atoms with Crippen molar-refractivity contribution in [1.82, 2.24) is 10.2 Å². The molecule has 1 aromatic carbocycles. The van der Waals surface area contributed by atoms with Gasteiger partial charge in [0.25, 0.3) is 5.91 Å². The summed E-state index contributed by atoms with van der Waals surface area (Å²) in [7, 11) is 0. The van der Waals surface area contributed by atoms with Gasteiger partial charge in [0, 0.05) is 37.0 Å². The van der Waals surface area contributed by atoms with Crippen molar-refractivity contribution < 1.29 is 14.3 Å². The molecule has 144 valence electrons. The number of carbonyl (C=O) groups is 2. The molecule has 1 heterocycles. The quantitative estimate of drug-likeness (QED) is 0.810. The Labute approximate surface area is 157 Å². The maximum atomic E-state index is 12.3. The number of amides is 2. The van der Waals surface area contributed by atoms with E-state index in [1.54, 1.807) is 12.1 Å². The molecule has 1 aliphatic rings. The predicted octanol–water partition coefficient (Wildman–Crippen LogP) is 3.49. The molecule has 0 radical (unpaired) electrons. The van der Waals surface area contributed by atoms with Crippen LogP contribution in [0.1, 0.15) is 57.3 Å². The lowest BCUT2D eigenvalue weighted by molar-refractivity contribution is -0.134. The Bertz CT molecular complexity index is 596. The minimum atomic E-state index is -0.0712. The third-order valence-corrected chi connectivity index (χ3v) is 4.48. The van der Waals surface area contributed by atoms with Crippen LogP contribution in [0, 0.1) is 11.8 Å². The van der Waals surface area contributed by atoms with Crippen molar-refractivity contribution in [1.29, 1.82) is 0 Å². The van der Waals surface area contributed by atoms with Crippen molar-refractivity contribution in [3.05, 3.63) is 29.8 Å².